The van der Waals surface area contributed by atoms with Crippen molar-refractivity contribution >= 4 is 0 Å². The van der Waals surface area contributed by atoms with E-state index in [1.807, 2.05) is 0 Å². The standard InChI is InChI=1S/C16H36N.C4H11N.FH/c1-5-9-13-17(14-10-6-2,15-11-7-3)16-12-8-4;1-2-3-4-5;/h5-16H2,1-4H3;2-5H2,1H3;1H/q+1;;. The van der Waals surface area contributed by atoms with Crippen molar-refractivity contribution in [3.05, 3.63) is 0 Å². The van der Waals surface area contributed by atoms with Crippen molar-refractivity contribution in [1.29, 1.82) is 0 Å². The second-order valence-electron chi connectivity index (χ2n) is 6.86. The molecule has 0 atom stereocenters. The van der Waals surface area contributed by atoms with Crippen molar-refractivity contribution in [2.24, 2.45) is 0 Å². The molecule has 0 aromatic carbocycles. The largest absolute Gasteiger partial charge is 1.00 e. The van der Waals surface area contributed by atoms with Gasteiger partial charge in [-0.15, -0.1) is 0 Å². The Morgan fingerprint density at radius 3 is 0.913 bits per heavy atom. The van der Waals surface area contributed by atoms with Crippen LogP contribution in [0.5, 0.6) is 0 Å². The molecule has 0 aromatic heterocycles. The van der Waals surface area contributed by atoms with Crippen LogP contribution in [-0.2, 0) is 0 Å². The molecule has 23 heavy (non-hydrogen) atoms. The smallest absolute Gasteiger partial charge is 0.0786 e. The summed E-state index contributed by atoms with van der Waals surface area (Å²) in [7, 11) is 0. The first-order valence-electron chi connectivity index (χ1n) is 10.3. The molecule has 0 spiro atoms. The molecular weight excluding hydrogens is 287 g/mol. The van der Waals surface area contributed by atoms with Gasteiger partial charge in [-0.05, 0) is 32.1 Å². The van der Waals surface area contributed by atoms with E-state index in [1.54, 1.807) is 0 Å². The quantitative estimate of drug-likeness (QED) is 0.471. The third-order valence-electron chi connectivity index (χ3n) is 4.55. The number of rotatable bonds is 14. The van der Waals surface area contributed by atoms with Gasteiger partial charge in [-0.25, -0.2) is 0 Å². The van der Waals surface area contributed by atoms with Crippen LogP contribution in [0.15, 0.2) is 0 Å². The summed E-state index contributed by atoms with van der Waals surface area (Å²) >= 11 is 0. The maximum absolute atomic E-state index is 3.68. The average Bonchev–Trinajstić information content (AvgIpc) is 2.55. The van der Waals surface area contributed by atoms with Crippen LogP contribution in [0, 0.1) is 0 Å². The molecule has 3 heteroatoms. The number of unbranched alkanes of at least 4 members (excludes halogenated alkanes) is 5. The second kappa shape index (κ2) is 21.9. The van der Waals surface area contributed by atoms with Crippen LogP contribution >= 0.6 is 0 Å². The Balaban J connectivity index is -0.000000578. The molecule has 0 saturated carbocycles. The fraction of sp³-hybridized carbons (Fsp3) is 1.00. The van der Waals surface area contributed by atoms with Crippen molar-refractivity contribution < 1.29 is 14.9 Å². The Morgan fingerprint density at radius 2 is 0.783 bits per heavy atom. The summed E-state index contributed by atoms with van der Waals surface area (Å²) in [5.74, 6) is 0. The lowest BCUT2D eigenvalue weighted by Gasteiger charge is -2.39. The molecule has 2 nitrogen and oxygen atoms in total. The Morgan fingerprint density at radius 1 is 0.522 bits per heavy atom. The maximum atomic E-state index is 3.68. The molecule has 0 aromatic rings. The van der Waals surface area contributed by atoms with Gasteiger partial charge >= 0.3 is 0 Å². The van der Waals surface area contributed by atoms with E-state index in [4.69, 9.17) is 0 Å². The highest BCUT2D eigenvalue weighted by Gasteiger charge is 2.24. The second-order valence-corrected chi connectivity index (χ2v) is 6.86. The lowest BCUT2D eigenvalue weighted by molar-refractivity contribution is -0.929. The van der Waals surface area contributed by atoms with E-state index in [-0.39, 0.29) is 4.70 Å². The van der Waals surface area contributed by atoms with E-state index < -0.39 is 0 Å². The maximum Gasteiger partial charge on any atom is 0.0786 e. The highest BCUT2D eigenvalue weighted by molar-refractivity contribution is 4.49. The first kappa shape index (κ1) is 27.7. The van der Waals surface area contributed by atoms with Crippen LogP contribution < -0.4 is 10.4 Å². The molecule has 0 rings (SSSR count). The van der Waals surface area contributed by atoms with Crippen LogP contribution in [0.1, 0.15) is 98.8 Å². The third kappa shape index (κ3) is 18.0. The molecule has 0 saturated heterocycles. The molecule has 0 heterocycles. The molecule has 0 bridgehead atoms. The fourth-order valence-electron chi connectivity index (χ4n) is 2.89. The van der Waals surface area contributed by atoms with Crippen LogP contribution in [0.2, 0.25) is 0 Å². The van der Waals surface area contributed by atoms with Gasteiger partial charge in [-0.3, -0.25) is 0 Å². The van der Waals surface area contributed by atoms with Gasteiger partial charge in [0.25, 0.3) is 0 Å². The van der Waals surface area contributed by atoms with Crippen molar-refractivity contribution in [2.75, 3.05) is 32.7 Å². The Kier molecular flexibility index (Phi) is 26.3. The molecule has 0 radical (unpaired) electrons. The number of halogens is 1. The normalized spacial score (nSPS) is 10.7. The number of nitrogens with zero attached hydrogens (tertiary/aromatic N) is 1. The summed E-state index contributed by atoms with van der Waals surface area (Å²) in [6, 6.07) is 0. The zero-order valence-electron chi connectivity index (χ0n) is 17.1. The van der Waals surface area contributed by atoms with E-state index in [0.29, 0.717) is 0 Å². The van der Waals surface area contributed by atoms with Crippen molar-refractivity contribution in [1.82, 2.24) is 0 Å². The summed E-state index contributed by atoms with van der Waals surface area (Å²) < 4.78 is 1.42. The molecular formula is C20H48FN2+. The molecule has 144 valence electrons. The Labute approximate surface area is 147 Å². The molecule has 3 N–H and O–H groups in total. The van der Waals surface area contributed by atoms with Gasteiger partial charge in [0.2, 0.25) is 0 Å². The fourth-order valence-corrected chi connectivity index (χ4v) is 2.89. The predicted octanol–water partition coefficient (Wildman–Crippen LogP) is 2.04. The lowest BCUT2D eigenvalue weighted by atomic mass is 10.1. The molecule has 0 aliphatic rings. The lowest BCUT2D eigenvalue weighted by Crippen LogP contribution is -3.00. The molecule has 0 fully saturated rings. The SMILES string of the molecule is CCCC[N+](CCCC)(CCCC)CCCC.CCCC[NH3+].[F-]. The van der Waals surface area contributed by atoms with E-state index in [1.165, 1.54) is 94.9 Å². The zero-order chi connectivity index (χ0) is 17.1. The Hall–Kier alpha value is -0.150. The van der Waals surface area contributed by atoms with E-state index in [9.17, 15) is 0 Å². The zero-order valence-corrected chi connectivity index (χ0v) is 17.1. The molecule has 0 aliphatic heterocycles. The molecule has 0 unspecified atom stereocenters. The minimum absolute atomic E-state index is 0. The van der Waals surface area contributed by atoms with Crippen LogP contribution in [-0.4, -0.2) is 37.2 Å². The summed E-state index contributed by atoms with van der Waals surface area (Å²) in [5, 5.41) is 0. The third-order valence-corrected chi connectivity index (χ3v) is 4.55. The molecule has 0 aliphatic carbocycles. The van der Waals surface area contributed by atoms with Gasteiger partial charge in [0, 0.05) is 0 Å². The first-order valence-corrected chi connectivity index (χ1v) is 10.3. The van der Waals surface area contributed by atoms with Gasteiger partial charge in [-0.1, -0.05) is 66.7 Å². The molecule has 0 amide bonds. The van der Waals surface area contributed by atoms with Crippen molar-refractivity contribution in [2.45, 2.75) is 98.8 Å². The number of quaternary nitrogens is 2. The van der Waals surface area contributed by atoms with Crippen molar-refractivity contribution in [3.8, 4) is 0 Å². The minimum atomic E-state index is 0. The van der Waals surface area contributed by atoms with Gasteiger partial charge in [0.05, 0.1) is 32.7 Å². The monoisotopic (exact) mass is 335 g/mol. The number of hydrogen-bond acceptors (Lipinski definition) is 0. The summed E-state index contributed by atoms with van der Waals surface area (Å²) in [4.78, 5) is 0. The van der Waals surface area contributed by atoms with E-state index in [0.717, 1.165) is 6.54 Å². The van der Waals surface area contributed by atoms with Crippen LogP contribution in [0.25, 0.3) is 0 Å². The van der Waals surface area contributed by atoms with E-state index >= 15 is 0 Å². The highest BCUT2D eigenvalue weighted by Crippen LogP contribution is 2.16. The van der Waals surface area contributed by atoms with Crippen LogP contribution in [0.3, 0.4) is 0 Å². The summed E-state index contributed by atoms with van der Waals surface area (Å²) in [6.45, 7) is 18.3. The van der Waals surface area contributed by atoms with E-state index in [2.05, 4.69) is 40.4 Å². The van der Waals surface area contributed by atoms with Gasteiger partial charge < -0.3 is 14.9 Å². The summed E-state index contributed by atoms with van der Waals surface area (Å²) in [6.07, 6.45) is 13.6. The first-order chi connectivity index (χ1) is 10.7. The average molecular weight is 336 g/mol. The topological polar surface area (TPSA) is 27.6 Å². The number of hydrogen-bond donors (Lipinski definition) is 1. The summed E-state index contributed by atoms with van der Waals surface area (Å²) in [5.41, 5.74) is 3.68. The highest BCUT2D eigenvalue weighted by atomic mass is 19.0. The van der Waals surface area contributed by atoms with Crippen molar-refractivity contribution in [3.63, 3.8) is 0 Å². The van der Waals surface area contributed by atoms with Crippen LogP contribution in [0.4, 0.5) is 0 Å². The predicted molar refractivity (Wildman–Crippen MR) is 102 cm³/mol. The van der Waals surface area contributed by atoms with Gasteiger partial charge in [0.15, 0.2) is 0 Å². The van der Waals surface area contributed by atoms with Gasteiger partial charge in [0.1, 0.15) is 0 Å². The van der Waals surface area contributed by atoms with Gasteiger partial charge in [-0.2, -0.15) is 0 Å². The Bertz CT molecular complexity index is 159. The minimum Gasteiger partial charge on any atom is -1.00 e.